The number of carbonyl (C=O) groups is 1. The van der Waals surface area contributed by atoms with Crippen LogP contribution in [0.5, 0.6) is 0 Å². The lowest BCUT2D eigenvalue weighted by atomic mass is 10.3. The highest BCUT2D eigenvalue weighted by Crippen LogP contribution is 2.24. The molecule has 1 aromatic rings. The Kier molecular flexibility index (Phi) is 3.28. The number of nitrogens with zero attached hydrogens (tertiary/aromatic N) is 3. The lowest BCUT2D eigenvalue weighted by Crippen LogP contribution is -2.46. The monoisotopic (exact) mass is 284 g/mol. The second-order valence-corrected chi connectivity index (χ2v) is 4.61. The van der Waals surface area contributed by atoms with Gasteiger partial charge in [-0.1, -0.05) is 0 Å². The van der Waals surface area contributed by atoms with Crippen molar-refractivity contribution in [1.82, 2.24) is 9.88 Å². The van der Waals surface area contributed by atoms with E-state index in [4.69, 9.17) is 5.73 Å². The van der Waals surface area contributed by atoms with Gasteiger partial charge < -0.3 is 15.5 Å². The van der Waals surface area contributed by atoms with Crippen LogP contribution in [0.4, 0.5) is 11.5 Å². The van der Waals surface area contributed by atoms with Crippen molar-refractivity contribution in [3.05, 3.63) is 16.7 Å². The van der Waals surface area contributed by atoms with Crippen LogP contribution in [0.2, 0.25) is 0 Å². The Labute approximate surface area is 102 Å². The Morgan fingerprint density at radius 3 is 2.62 bits per heavy atom. The van der Waals surface area contributed by atoms with Crippen molar-refractivity contribution in [3.63, 3.8) is 0 Å². The molecule has 0 unspecified atom stereocenters. The smallest absolute Gasteiger partial charge is 0.209 e. The number of hydrogen-bond donors (Lipinski definition) is 1. The van der Waals surface area contributed by atoms with Crippen LogP contribution in [0.15, 0.2) is 16.7 Å². The summed E-state index contributed by atoms with van der Waals surface area (Å²) >= 11 is 3.33. The molecule has 0 spiro atoms. The third-order valence-corrected chi connectivity index (χ3v) is 3.06. The SMILES string of the molecule is Nc1cc(Br)cnc1N1CCN(C=O)CC1. The number of halogens is 1. The Morgan fingerprint density at radius 2 is 2.06 bits per heavy atom. The normalized spacial score (nSPS) is 16.3. The van der Waals surface area contributed by atoms with Crippen molar-refractivity contribution in [1.29, 1.82) is 0 Å². The molecule has 5 nitrogen and oxygen atoms in total. The molecule has 1 aliphatic rings. The van der Waals surface area contributed by atoms with Gasteiger partial charge in [-0.3, -0.25) is 4.79 Å². The van der Waals surface area contributed by atoms with E-state index in [2.05, 4.69) is 25.8 Å². The van der Waals surface area contributed by atoms with Gasteiger partial charge in [0.2, 0.25) is 6.41 Å². The lowest BCUT2D eigenvalue weighted by Gasteiger charge is -2.33. The first kappa shape index (κ1) is 11.2. The molecular weight excluding hydrogens is 272 g/mol. The molecule has 0 saturated carbocycles. The molecule has 0 radical (unpaired) electrons. The van der Waals surface area contributed by atoms with E-state index in [9.17, 15) is 4.79 Å². The maximum atomic E-state index is 10.6. The minimum absolute atomic E-state index is 0.661. The number of pyridine rings is 1. The molecule has 0 bridgehead atoms. The van der Waals surface area contributed by atoms with Gasteiger partial charge in [-0.15, -0.1) is 0 Å². The van der Waals surface area contributed by atoms with Crippen molar-refractivity contribution >= 4 is 33.8 Å². The zero-order chi connectivity index (χ0) is 11.5. The average molecular weight is 285 g/mol. The Hall–Kier alpha value is -1.30. The van der Waals surface area contributed by atoms with Crippen LogP contribution in [0.1, 0.15) is 0 Å². The molecule has 1 fully saturated rings. The van der Waals surface area contributed by atoms with Crippen LogP contribution in [-0.4, -0.2) is 42.5 Å². The summed E-state index contributed by atoms with van der Waals surface area (Å²) < 4.78 is 0.875. The molecule has 16 heavy (non-hydrogen) atoms. The second kappa shape index (κ2) is 4.69. The molecule has 2 heterocycles. The molecule has 6 heteroatoms. The molecular formula is C10H13BrN4O. The van der Waals surface area contributed by atoms with E-state index >= 15 is 0 Å². The molecule has 1 aromatic heterocycles. The Bertz CT molecular complexity index is 390. The summed E-state index contributed by atoms with van der Waals surface area (Å²) in [5, 5.41) is 0. The molecule has 1 amide bonds. The van der Waals surface area contributed by atoms with Crippen molar-refractivity contribution in [3.8, 4) is 0 Å². The lowest BCUT2D eigenvalue weighted by molar-refractivity contribution is -0.118. The van der Waals surface area contributed by atoms with Gasteiger partial charge >= 0.3 is 0 Å². The van der Waals surface area contributed by atoms with Crippen molar-refractivity contribution in [2.75, 3.05) is 36.8 Å². The minimum atomic E-state index is 0.661. The quantitative estimate of drug-likeness (QED) is 0.813. The van der Waals surface area contributed by atoms with Gasteiger partial charge in [-0.25, -0.2) is 4.98 Å². The summed E-state index contributed by atoms with van der Waals surface area (Å²) in [6.07, 6.45) is 2.62. The van der Waals surface area contributed by atoms with Gasteiger partial charge in [-0.2, -0.15) is 0 Å². The van der Waals surface area contributed by atoms with Crippen LogP contribution in [0, 0.1) is 0 Å². The van der Waals surface area contributed by atoms with Gasteiger partial charge in [0.05, 0.1) is 5.69 Å². The number of rotatable bonds is 2. The van der Waals surface area contributed by atoms with Gasteiger partial charge in [0.1, 0.15) is 0 Å². The molecule has 1 saturated heterocycles. The maximum Gasteiger partial charge on any atom is 0.209 e. The Balaban J connectivity index is 2.11. The fourth-order valence-corrected chi connectivity index (χ4v) is 2.10. The van der Waals surface area contributed by atoms with E-state index in [-0.39, 0.29) is 0 Å². The number of nitrogen functional groups attached to an aromatic ring is 1. The standard InChI is InChI=1S/C10H13BrN4O/c11-8-5-9(12)10(13-6-8)15-3-1-14(7-16)2-4-15/h5-7H,1-4,12H2. The van der Waals surface area contributed by atoms with Crippen LogP contribution in [-0.2, 0) is 4.79 Å². The van der Waals surface area contributed by atoms with Crippen LogP contribution in [0.25, 0.3) is 0 Å². The summed E-state index contributed by atoms with van der Waals surface area (Å²) in [6.45, 7) is 3.00. The van der Waals surface area contributed by atoms with E-state index in [0.29, 0.717) is 5.69 Å². The first-order chi connectivity index (χ1) is 7.70. The highest BCUT2D eigenvalue weighted by molar-refractivity contribution is 9.10. The van der Waals surface area contributed by atoms with E-state index < -0.39 is 0 Å². The predicted molar refractivity (Wildman–Crippen MR) is 66.2 cm³/mol. The topological polar surface area (TPSA) is 62.5 Å². The number of nitrogens with two attached hydrogens (primary N) is 1. The summed E-state index contributed by atoms with van der Waals surface area (Å²) in [7, 11) is 0. The molecule has 0 atom stereocenters. The third-order valence-electron chi connectivity index (χ3n) is 2.62. The molecule has 0 aromatic carbocycles. The molecule has 0 aliphatic carbocycles. The van der Waals surface area contributed by atoms with Gasteiger partial charge in [0.25, 0.3) is 0 Å². The predicted octanol–water partition coefficient (Wildman–Crippen LogP) is 0.705. The summed E-state index contributed by atoms with van der Waals surface area (Å²) in [5.41, 5.74) is 6.56. The molecule has 1 aliphatic heterocycles. The molecule has 2 rings (SSSR count). The molecule has 86 valence electrons. The fourth-order valence-electron chi connectivity index (χ4n) is 1.75. The summed E-state index contributed by atoms with van der Waals surface area (Å²) in [6, 6.07) is 1.84. The number of hydrogen-bond acceptors (Lipinski definition) is 4. The molecule has 2 N–H and O–H groups in total. The van der Waals surface area contributed by atoms with Crippen LogP contribution in [0.3, 0.4) is 0 Å². The van der Waals surface area contributed by atoms with Crippen LogP contribution >= 0.6 is 15.9 Å². The number of carbonyl (C=O) groups excluding carboxylic acids is 1. The zero-order valence-electron chi connectivity index (χ0n) is 8.77. The van der Waals surface area contributed by atoms with E-state index in [1.807, 2.05) is 6.07 Å². The number of amides is 1. The maximum absolute atomic E-state index is 10.6. The van der Waals surface area contributed by atoms with E-state index in [1.165, 1.54) is 0 Å². The number of piperazine rings is 1. The summed E-state index contributed by atoms with van der Waals surface area (Å²) in [4.78, 5) is 18.7. The fraction of sp³-hybridized carbons (Fsp3) is 0.400. The second-order valence-electron chi connectivity index (χ2n) is 3.69. The van der Waals surface area contributed by atoms with Crippen molar-refractivity contribution < 1.29 is 4.79 Å². The van der Waals surface area contributed by atoms with Crippen molar-refractivity contribution in [2.24, 2.45) is 0 Å². The van der Waals surface area contributed by atoms with Crippen molar-refractivity contribution in [2.45, 2.75) is 0 Å². The first-order valence-electron chi connectivity index (χ1n) is 5.06. The minimum Gasteiger partial charge on any atom is -0.396 e. The highest BCUT2D eigenvalue weighted by Gasteiger charge is 2.18. The van der Waals surface area contributed by atoms with E-state index in [0.717, 1.165) is 42.9 Å². The Morgan fingerprint density at radius 1 is 1.38 bits per heavy atom. The van der Waals surface area contributed by atoms with Gasteiger partial charge in [-0.05, 0) is 22.0 Å². The number of aromatic nitrogens is 1. The zero-order valence-corrected chi connectivity index (χ0v) is 10.4. The summed E-state index contributed by atoms with van der Waals surface area (Å²) in [5.74, 6) is 0.800. The van der Waals surface area contributed by atoms with Gasteiger partial charge in [0, 0.05) is 36.8 Å². The highest BCUT2D eigenvalue weighted by atomic mass is 79.9. The number of anilines is 2. The van der Waals surface area contributed by atoms with Gasteiger partial charge in [0.15, 0.2) is 5.82 Å². The first-order valence-corrected chi connectivity index (χ1v) is 5.85. The van der Waals surface area contributed by atoms with E-state index in [1.54, 1.807) is 11.1 Å². The largest absolute Gasteiger partial charge is 0.396 e. The average Bonchev–Trinajstić information content (AvgIpc) is 2.29. The third kappa shape index (κ3) is 2.27. The van der Waals surface area contributed by atoms with Crippen LogP contribution < -0.4 is 10.6 Å².